The van der Waals surface area contributed by atoms with Crippen LogP contribution in [0.2, 0.25) is 0 Å². The minimum absolute atomic E-state index is 0.923. The standard InChI is InChI=1S/C52H30OS/c1-2-13-32-26-37(25-24-31(32)12-1)49-41-21-7-5-19-39(41)48(40-20-6-8-22-42(40)49)36-17-11-16-35(27-36)43-30-44-38-18-9-10-23-47(38)54-52(44)50-45-28-33-14-3-4-15-34(33)29-46(45)53-51(43)50/h1-30H. The van der Waals surface area contributed by atoms with Crippen molar-refractivity contribution in [3.05, 3.63) is 182 Å². The molecule has 0 aliphatic rings. The Morgan fingerprint density at radius 1 is 0.352 bits per heavy atom. The number of benzene rings is 10. The molecular formula is C52H30OS. The summed E-state index contributed by atoms with van der Waals surface area (Å²) in [5.74, 6) is 0. The van der Waals surface area contributed by atoms with E-state index in [2.05, 4.69) is 182 Å². The van der Waals surface area contributed by atoms with Crippen molar-refractivity contribution in [2.45, 2.75) is 0 Å². The van der Waals surface area contributed by atoms with E-state index in [-0.39, 0.29) is 0 Å². The summed E-state index contributed by atoms with van der Waals surface area (Å²) < 4.78 is 9.51. The summed E-state index contributed by atoms with van der Waals surface area (Å²) in [4.78, 5) is 0. The van der Waals surface area contributed by atoms with Crippen molar-refractivity contribution >= 4 is 96.5 Å². The van der Waals surface area contributed by atoms with Crippen molar-refractivity contribution in [2.24, 2.45) is 0 Å². The number of thiophene rings is 1. The van der Waals surface area contributed by atoms with E-state index in [1.807, 2.05) is 11.3 Å². The van der Waals surface area contributed by atoms with Gasteiger partial charge in [-0.05, 0) is 107 Å². The Balaban J connectivity index is 1.14. The number of furan rings is 1. The van der Waals surface area contributed by atoms with E-state index in [1.54, 1.807) is 0 Å². The molecular weight excluding hydrogens is 673 g/mol. The van der Waals surface area contributed by atoms with Gasteiger partial charge in [-0.2, -0.15) is 0 Å². The van der Waals surface area contributed by atoms with E-state index in [9.17, 15) is 0 Å². The summed E-state index contributed by atoms with van der Waals surface area (Å²) in [5.41, 5.74) is 9.08. The molecule has 12 aromatic rings. The maximum absolute atomic E-state index is 6.94. The van der Waals surface area contributed by atoms with E-state index in [1.165, 1.54) is 96.3 Å². The van der Waals surface area contributed by atoms with Gasteiger partial charge in [0.1, 0.15) is 11.2 Å². The van der Waals surface area contributed by atoms with Crippen LogP contribution in [-0.4, -0.2) is 0 Å². The molecule has 0 spiro atoms. The fourth-order valence-electron chi connectivity index (χ4n) is 8.95. The third-order valence-corrected chi connectivity index (χ3v) is 12.6. The van der Waals surface area contributed by atoms with Crippen molar-refractivity contribution < 1.29 is 4.42 Å². The Morgan fingerprint density at radius 3 is 1.61 bits per heavy atom. The van der Waals surface area contributed by atoms with Crippen molar-refractivity contribution in [3.8, 4) is 33.4 Å². The molecule has 0 aliphatic carbocycles. The second-order valence-electron chi connectivity index (χ2n) is 14.4. The van der Waals surface area contributed by atoms with Gasteiger partial charge in [0.25, 0.3) is 0 Å². The molecule has 0 unspecified atom stereocenters. The zero-order chi connectivity index (χ0) is 35.3. The van der Waals surface area contributed by atoms with Gasteiger partial charge in [0.15, 0.2) is 0 Å². The molecule has 2 heterocycles. The number of hydrogen-bond acceptors (Lipinski definition) is 2. The van der Waals surface area contributed by atoms with Crippen LogP contribution < -0.4 is 0 Å². The first kappa shape index (κ1) is 29.8. The Kier molecular flexibility index (Phi) is 6.28. The molecule has 2 aromatic heterocycles. The molecule has 12 rings (SSSR count). The summed E-state index contributed by atoms with van der Waals surface area (Å²) in [6, 6.07) is 66.7. The quantitative estimate of drug-likeness (QED) is 0.167. The van der Waals surface area contributed by atoms with Crippen molar-refractivity contribution in [1.29, 1.82) is 0 Å². The maximum atomic E-state index is 6.94. The molecule has 250 valence electrons. The molecule has 0 aliphatic heterocycles. The van der Waals surface area contributed by atoms with Gasteiger partial charge in [0.2, 0.25) is 0 Å². The van der Waals surface area contributed by atoms with Gasteiger partial charge in [-0.3, -0.25) is 0 Å². The first-order valence-electron chi connectivity index (χ1n) is 18.5. The maximum Gasteiger partial charge on any atom is 0.144 e. The van der Waals surface area contributed by atoms with Gasteiger partial charge >= 0.3 is 0 Å². The SMILES string of the molecule is c1cc(-c2c3ccccc3c(-c3ccc4ccccc4c3)c3ccccc23)cc(-c2cc3c4ccccc4sc3c3c2oc2cc4ccccc4cc23)c1. The Bertz CT molecular complexity index is 3450. The van der Waals surface area contributed by atoms with Gasteiger partial charge in [0.05, 0.1) is 0 Å². The molecule has 10 aromatic carbocycles. The molecule has 0 atom stereocenters. The van der Waals surface area contributed by atoms with E-state index >= 15 is 0 Å². The van der Waals surface area contributed by atoms with E-state index < -0.39 is 0 Å². The highest BCUT2D eigenvalue weighted by atomic mass is 32.1. The molecule has 0 radical (unpaired) electrons. The first-order chi connectivity index (χ1) is 26.8. The third-order valence-electron chi connectivity index (χ3n) is 11.4. The Hall–Kier alpha value is -6.74. The lowest BCUT2D eigenvalue weighted by Gasteiger charge is -2.18. The highest BCUT2D eigenvalue weighted by Crippen LogP contribution is 2.49. The van der Waals surface area contributed by atoms with Crippen LogP contribution in [0.15, 0.2) is 186 Å². The zero-order valence-corrected chi connectivity index (χ0v) is 30.0. The molecule has 0 amide bonds. The number of hydrogen-bond donors (Lipinski definition) is 0. The third kappa shape index (κ3) is 4.32. The average Bonchev–Trinajstić information content (AvgIpc) is 3.79. The van der Waals surface area contributed by atoms with Gasteiger partial charge in [-0.25, -0.2) is 0 Å². The summed E-state index contributed by atoms with van der Waals surface area (Å²) in [7, 11) is 0. The van der Waals surface area contributed by atoms with Crippen LogP contribution in [0.3, 0.4) is 0 Å². The fourth-order valence-corrected chi connectivity index (χ4v) is 10.2. The number of fused-ring (bicyclic) bond motifs is 11. The highest BCUT2D eigenvalue weighted by molar-refractivity contribution is 7.26. The predicted octanol–water partition coefficient (Wildman–Crippen LogP) is 15.6. The molecule has 2 heteroatoms. The van der Waals surface area contributed by atoms with E-state index in [0.717, 1.165) is 22.3 Å². The Morgan fingerprint density at radius 2 is 0.907 bits per heavy atom. The van der Waals surface area contributed by atoms with Crippen LogP contribution >= 0.6 is 11.3 Å². The average molecular weight is 703 g/mol. The molecule has 54 heavy (non-hydrogen) atoms. The summed E-state index contributed by atoms with van der Waals surface area (Å²) in [6.45, 7) is 0. The van der Waals surface area contributed by atoms with Gasteiger partial charge < -0.3 is 4.42 Å². The largest absolute Gasteiger partial charge is 0.455 e. The molecule has 0 saturated carbocycles. The van der Waals surface area contributed by atoms with Crippen molar-refractivity contribution in [1.82, 2.24) is 0 Å². The predicted molar refractivity (Wildman–Crippen MR) is 233 cm³/mol. The molecule has 0 N–H and O–H groups in total. The lowest BCUT2D eigenvalue weighted by Crippen LogP contribution is -1.91. The van der Waals surface area contributed by atoms with E-state index in [4.69, 9.17) is 4.42 Å². The number of rotatable bonds is 3. The van der Waals surface area contributed by atoms with Crippen LogP contribution in [0, 0.1) is 0 Å². The summed E-state index contributed by atoms with van der Waals surface area (Å²) in [5, 5.41) is 14.8. The monoisotopic (exact) mass is 702 g/mol. The highest BCUT2D eigenvalue weighted by Gasteiger charge is 2.22. The molecule has 1 nitrogen and oxygen atoms in total. The lowest BCUT2D eigenvalue weighted by atomic mass is 9.85. The minimum atomic E-state index is 0.923. The molecule has 0 saturated heterocycles. The van der Waals surface area contributed by atoms with Crippen LogP contribution in [0.25, 0.3) is 119 Å². The van der Waals surface area contributed by atoms with Gasteiger partial charge in [-0.1, -0.05) is 146 Å². The van der Waals surface area contributed by atoms with E-state index in [0.29, 0.717) is 0 Å². The minimum Gasteiger partial charge on any atom is -0.455 e. The topological polar surface area (TPSA) is 13.1 Å². The fraction of sp³-hybridized carbons (Fsp3) is 0. The smallest absolute Gasteiger partial charge is 0.144 e. The van der Waals surface area contributed by atoms with Crippen molar-refractivity contribution in [2.75, 3.05) is 0 Å². The second-order valence-corrected chi connectivity index (χ2v) is 15.4. The van der Waals surface area contributed by atoms with Gasteiger partial charge in [-0.15, -0.1) is 11.3 Å². The van der Waals surface area contributed by atoms with Crippen LogP contribution in [0.4, 0.5) is 0 Å². The van der Waals surface area contributed by atoms with Crippen LogP contribution in [-0.2, 0) is 0 Å². The van der Waals surface area contributed by atoms with Crippen molar-refractivity contribution in [3.63, 3.8) is 0 Å². The van der Waals surface area contributed by atoms with Gasteiger partial charge in [0, 0.05) is 36.5 Å². The normalized spacial score (nSPS) is 12.1. The van der Waals surface area contributed by atoms with Crippen LogP contribution in [0.5, 0.6) is 0 Å². The first-order valence-corrected chi connectivity index (χ1v) is 19.3. The molecule has 0 bridgehead atoms. The summed E-state index contributed by atoms with van der Waals surface area (Å²) in [6.07, 6.45) is 0. The summed E-state index contributed by atoms with van der Waals surface area (Å²) >= 11 is 1.86. The van der Waals surface area contributed by atoms with Crippen LogP contribution in [0.1, 0.15) is 0 Å². The Labute approximate surface area is 314 Å². The second kappa shape index (κ2) is 11.4. The zero-order valence-electron chi connectivity index (χ0n) is 29.1. The lowest BCUT2D eigenvalue weighted by molar-refractivity contribution is 0.671. The molecule has 0 fully saturated rings.